The van der Waals surface area contributed by atoms with Crippen LogP contribution in [-0.4, -0.2) is 5.25 Å². The minimum atomic E-state index is 0.591. The maximum atomic E-state index is 6.14. The van der Waals surface area contributed by atoms with Crippen LogP contribution in [0.2, 0.25) is 10.0 Å². The number of benzene rings is 1. The fourth-order valence-electron chi connectivity index (χ4n) is 1.70. The zero-order valence-corrected chi connectivity index (χ0v) is 10.7. The maximum absolute atomic E-state index is 6.14. The molecule has 0 N–H and O–H groups in total. The van der Waals surface area contributed by atoms with Crippen LogP contribution in [-0.2, 0) is 6.42 Å². The van der Waals surface area contributed by atoms with Crippen molar-refractivity contribution in [1.82, 2.24) is 0 Å². The molecular weight excluding hydrogens is 247 g/mol. The second-order valence-electron chi connectivity index (χ2n) is 3.77. The van der Waals surface area contributed by atoms with Gasteiger partial charge >= 0.3 is 0 Å². The highest BCUT2D eigenvalue weighted by Gasteiger charge is 2.20. The highest BCUT2D eigenvalue weighted by molar-refractivity contribution is 8.02. The van der Waals surface area contributed by atoms with Crippen molar-refractivity contribution in [1.29, 1.82) is 0 Å². The molecular formula is C12H12Cl2S. The Labute approximate surface area is 105 Å². The van der Waals surface area contributed by atoms with Crippen LogP contribution in [0.3, 0.4) is 0 Å². The molecule has 80 valence electrons. The van der Waals surface area contributed by atoms with Gasteiger partial charge in [0.05, 0.1) is 0 Å². The largest absolute Gasteiger partial charge is 0.131 e. The Balaban J connectivity index is 2.13. The number of allylic oxidation sites excluding steroid dienone is 1. The fourth-order valence-corrected chi connectivity index (χ4v) is 3.12. The number of halogens is 2. The van der Waals surface area contributed by atoms with Crippen molar-refractivity contribution in [2.75, 3.05) is 0 Å². The summed E-state index contributed by atoms with van der Waals surface area (Å²) in [5.74, 6) is 0.591. The molecule has 0 nitrogen and oxygen atoms in total. The Morgan fingerprint density at radius 2 is 2.13 bits per heavy atom. The number of rotatable bonds is 2. The van der Waals surface area contributed by atoms with E-state index in [2.05, 4.69) is 18.4 Å². The zero-order valence-electron chi connectivity index (χ0n) is 8.41. The van der Waals surface area contributed by atoms with Crippen LogP contribution < -0.4 is 0 Å². The first kappa shape index (κ1) is 11.4. The molecule has 0 spiro atoms. The summed E-state index contributed by atoms with van der Waals surface area (Å²) in [6, 6.07) is 5.74. The van der Waals surface area contributed by atoms with Crippen LogP contribution in [0, 0.1) is 5.92 Å². The topological polar surface area (TPSA) is 0 Å². The van der Waals surface area contributed by atoms with Gasteiger partial charge in [-0.3, -0.25) is 0 Å². The molecule has 1 heterocycles. The van der Waals surface area contributed by atoms with Gasteiger partial charge in [-0.05, 0) is 35.4 Å². The van der Waals surface area contributed by atoms with E-state index in [1.807, 2.05) is 30.0 Å². The molecule has 0 saturated carbocycles. The van der Waals surface area contributed by atoms with Gasteiger partial charge in [-0.1, -0.05) is 42.3 Å². The molecule has 1 aliphatic rings. The van der Waals surface area contributed by atoms with Crippen LogP contribution in [0.1, 0.15) is 12.5 Å². The minimum absolute atomic E-state index is 0.591. The van der Waals surface area contributed by atoms with Crippen molar-refractivity contribution in [3.63, 3.8) is 0 Å². The third-order valence-corrected chi connectivity index (χ3v) is 4.37. The molecule has 2 unspecified atom stereocenters. The molecule has 3 heteroatoms. The van der Waals surface area contributed by atoms with Gasteiger partial charge < -0.3 is 0 Å². The number of thioether (sulfide) groups is 1. The summed E-state index contributed by atoms with van der Waals surface area (Å²) in [4.78, 5) is 0. The Hall–Kier alpha value is -0.110. The van der Waals surface area contributed by atoms with Crippen molar-refractivity contribution in [3.8, 4) is 0 Å². The summed E-state index contributed by atoms with van der Waals surface area (Å²) >= 11 is 13.9. The Bertz CT molecular complexity index is 387. The van der Waals surface area contributed by atoms with Crippen molar-refractivity contribution in [2.24, 2.45) is 5.92 Å². The van der Waals surface area contributed by atoms with Gasteiger partial charge in [0, 0.05) is 15.3 Å². The Kier molecular flexibility index (Phi) is 3.65. The third kappa shape index (κ3) is 2.72. The molecule has 2 rings (SSSR count). The molecule has 0 aromatic heterocycles. The van der Waals surface area contributed by atoms with Crippen LogP contribution in [0.4, 0.5) is 0 Å². The minimum Gasteiger partial charge on any atom is -0.131 e. The lowest BCUT2D eigenvalue weighted by atomic mass is 9.97. The van der Waals surface area contributed by atoms with Gasteiger partial charge in [-0.2, -0.15) is 0 Å². The van der Waals surface area contributed by atoms with Gasteiger partial charge in [0.25, 0.3) is 0 Å². The SMILES string of the molecule is CC1SC=CC1Cc1ccc(Cl)cc1Cl. The lowest BCUT2D eigenvalue weighted by Crippen LogP contribution is -2.10. The molecule has 0 bridgehead atoms. The summed E-state index contributed by atoms with van der Waals surface area (Å²) in [6.45, 7) is 2.25. The molecule has 0 amide bonds. The highest BCUT2D eigenvalue weighted by Crippen LogP contribution is 2.33. The van der Waals surface area contributed by atoms with Crippen molar-refractivity contribution in [2.45, 2.75) is 18.6 Å². The predicted molar refractivity (Wildman–Crippen MR) is 69.8 cm³/mol. The molecule has 2 atom stereocenters. The molecule has 1 aliphatic heterocycles. The summed E-state index contributed by atoms with van der Waals surface area (Å²) in [5.41, 5.74) is 1.19. The Morgan fingerprint density at radius 1 is 1.33 bits per heavy atom. The van der Waals surface area contributed by atoms with E-state index in [1.54, 1.807) is 0 Å². The van der Waals surface area contributed by atoms with Gasteiger partial charge in [0.2, 0.25) is 0 Å². The average molecular weight is 259 g/mol. The van der Waals surface area contributed by atoms with E-state index in [4.69, 9.17) is 23.2 Å². The molecule has 1 aromatic rings. The Morgan fingerprint density at radius 3 is 2.73 bits per heavy atom. The predicted octanol–water partition coefficient (Wildman–Crippen LogP) is 4.80. The molecule has 0 saturated heterocycles. The van der Waals surface area contributed by atoms with Gasteiger partial charge in [-0.25, -0.2) is 0 Å². The lowest BCUT2D eigenvalue weighted by Gasteiger charge is -2.14. The summed E-state index contributed by atoms with van der Waals surface area (Å²) in [5, 5.41) is 4.31. The van der Waals surface area contributed by atoms with E-state index in [9.17, 15) is 0 Å². The van der Waals surface area contributed by atoms with Crippen LogP contribution in [0.25, 0.3) is 0 Å². The first-order valence-corrected chi connectivity index (χ1v) is 6.63. The third-order valence-electron chi connectivity index (χ3n) is 2.69. The summed E-state index contributed by atoms with van der Waals surface area (Å²) < 4.78 is 0. The normalized spacial score (nSPS) is 24.7. The van der Waals surface area contributed by atoms with Crippen molar-refractivity contribution < 1.29 is 0 Å². The maximum Gasteiger partial charge on any atom is 0.0453 e. The van der Waals surface area contributed by atoms with Gasteiger partial charge in [0.1, 0.15) is 0 Å². The summed E-state index contributed by atoms with van der Waals surface area (Å²) in [6.07, 6.45) is 3.26. The van der Waals surface area contributed by atoms with E-state index in [0.29, 0.717) is 16.2 Å². The van der Waals surface area contributed by atoms with E-state index < -0.39 is 0 Å². The second kappa shape index (κ2) is 4.82. The zero-order chi connectivity index (χ0) is 10.8. The molecule has 1 aromatic carbocycles. The summed E-state index contributed by atoms with van der Waals surface area (Å²) in [7, 11) is 0. The quantitative estimate of drug-likeness (QED) is 0.735. The fraction of sp³-hybridized carbons (Fsp3) is 0.333. The second-order valence-corrected chi connectivity index (χ2v) is 5.90. The van der Waals surface area contributed by atoms with E-state index in [1.165, 1.54) is 5.56 Å². The van der Waals surface area contributed by atoms with Crippen molar-refractivity contribution >= 4 is 35.0 Å². The average Bonchev–Trinajstić information content (AvgIpc) is 2.57. The monoisotopic (exact) mass is 258 g/mol. The molecule has 0 aliphatic carbocycles. The van der Waals surface area contributed by atoms with Crippen LogP contribution in [0.15, 0.2) is 29.7 Å². The van der Waals surface area contributed by atoms with Gasteiger partial charge in [-0.15, -0.1) is 11.8 Å². The lowest BCUT2D eigenvalue weighted by molar-refractivity contribution is 0.650. The standard InChI is InChI=1S/C12H12Cl2S/c1-8-9(4-5-15-8)6-10-2-3-11(13)7-12(10)14/h2-5,7-9H,6H2,1H3. The van der Waals surface area contributed by atoms with Crippen LogP contribution >= 0.6 is 35.0 Å². The highest BCUT2D eigenvalue weighted by atomic mass is 35.5. The first-order valence-electron chi connectivity index (χ1n) is 4.93. The number of hydrogen-bond donors (Lipinski definition) is 0. The smallest absolute Gasteiger partial charge is 0.0453 e. The van der Waals surface area contributed by atoms with Crippen molar-refractivity contribution in [3.05, 3.63) is 45.3 Å². The molecule has 0 radical (unpaired) electrons. The van der Waals surface area contributed by atoms with E-state index in [0.717, 1.165) is 11.4 Å². The number of hydrogen-bond acceptors (Lipinski definition) is 1. The van der Waals surface area contributed by atoms with E-state index >= 15 is 0 Å². The molecule has 15 heavy (non-hydrogen) atoms. The first-order chi connectivity index (χ1) is 7.16. The van der Waals surface area contributed by atoms with Crippen LogP contribution in [0.5, 0.6) is 0 Å². The van der Waals surface area contributed by atoms with E-state index in [-0.39, 0.29) is 0 Å². The molecule has 0 fully saturated rings. The van der Waals surface area contributed by atoms with Gasteiger partial charge in [0.15, 0.2) is 0 Å².